The van der Waals surface area contributed by atoms with Crippen molar-refractivity contribution in [3.63, 3.8) is 0 Å². The minimum absolute atomic E-state index is 0.0895. The van der Waals surface area contributed by atoms with Gasteiger partial charge in [-0.1, -0.05) is 66.2 Å². The van der Waals surface area contributed by atoms with Crippen LogP contribution in [0.15, 0.2) is 0 Å². The van der Waals surface area contributed by atoms with Gasteiger partial charge in [-0.15, -0.1) is 0 Å². The van der Waals surface area contributed by atoms with Crippen molar-refractivity contribution in [3.8, 4) is 0 Å². The SMILES string of the molecule is CCCCCCSCC(C)C(=O)OCCOC(=O)CCN(C)CCCN(C)CCCN(C)CCC(=O)OCCOC(=O)C(C)CSCCCCCC. The average molecular weight is 778 g/mol. The lowest BCUT2D eigenvalue weighted by atomic mass is 10.2. The van der Waals surface area contributed by atoms with Crippen LogP contribution in [0.25, 0.3) is 0 Å². The zero-order valence-corrected chi connectivity index (χ0v) is 35.6. The molecule has 0 aliphatic carbocycles. The first kappa shape index (κ1) is 50.5. The van der Waals surface area contributed by atoms with E-state index in [1.807, 2.05) is 27.9 Å². The number of carbonyl (C=O) groups excluding carboxylic acids is 4. The van der Waals surface area contributed by atoms with Crippen molar-refractivity contribution in [1.82, 2.24) is 14.7 Å². The summed E-state index contributed by atoms with van der Waals surface area (Å²) in [6, 6.07) is 0. The molecule has 0 spiro atoms. The van der Waals surface area contributed by atoms with Gasteiger partial charge < -0.3 is 33.6 Å². The number of rotatable bonds is 36. The van der Waals surface area contributed by atoms with Crippen molar-refractivity contribution < 1.29 is 38.1 Å². The monoisotopic (exact) mass is 777 g/mol. The third-order valence-electron chi connectivity index (χ3n) is 8.56. The predicted molar refractivity (Wildman–Crippen MR) is 216 cm³/mol. The first-order chi connectivity index (χ1) is 25.0. The maximum atomic E-state index is 12.1. The van der Waals surface area contributed by atoms with Gasteiger partial charge in [0.2, 0.25) is 0 Å². The van der Waals surface area contributed by atoms with Crippen LogP contribution in [0.4, 0.5) is 0 Å². The smallest absolute Gasteiger partial charge is 0.309 e. The topological polar surface area (TPSA) is 115 Å². The van der Waals surface area contributed by atoms with E-state index in [9.17, 15) is 19.2 Å². The summed E-state index contributed by atoms with van der Waals surface area (Å²) in [7, 11) is 6.11. The van der Waals surface area contributed by atoms with E-state index in [2.05, 4.69) is 35.6 Å². The molecule has 0 rings (SSSR count). The van der Waals surface area contributed by atoms with Gasteiger partial charge in [-0.05, 0) is 84.5 Å². The summed E-state index contributed by atoms with van der Waals surface area (Å²) in [6.07, 6.45) is 12.4. The zero-order valence-electron chi connectivity index (χ0n) is 34.0. The summed E-state index contributed by atoms with van der Waals surface area (Å²) in [4.78, 5) is 55.1. The van der Waals surface area contributed by atoms with Crippen LogP contribution < -0.4 is 0 Å². The van der Waals surface area contributed by atoms with Crippen LogP contribution in [0.2, 0.25) is 0 Å². The van der Waals surface area contributed by atoms with Crippen molar-refractivity contribution >= 4 is 47.4 Å². The van der Waals surface area contributed by atoms with E-state index < -0.39 is 0 Å². The number of hydrogen-bond donors (Lipinski definition) is 0. The van der Waals surface area contributed by atoms with Crippen LogP contribution >= 0.6 is 23.5 Å². The molecule has 52 heavy (non-hydrogen) atoms. The molecule has 0 radical (unpaired) electrons. The molecule has 0 aromatic carbocycles. The molecule has 0 aliphatic rings. The average Bonchev–Trinajstić information content (AvgIpc) is 3.12. The second-order valence-corrected chi connectivity index (χ2v) is 16.3. The summed E-state index contributed by atoms with van der Waals surface area (Å²) < 4.78 is 21.1. The third-order valence-corrected chi connectivity index (χ3v) is 11.2. The molecule has 0 bridgehead atoms. The minimum Gasteiger partial charge on any atom is -0.462 e. The van der Waals surface area contributed by atoms with Crippen molar-refractivity contribution in [1.29, 1.82) is 0 Å². The molecule has 0 saturated carbocycles. The summed E-state index contributed by atoms with van der Waals surface area (Å²) in [5.74, 6) is 2.31. The number of esters is 4. The van der Waals surface area contributed by atoms with Gasteiger partial charge in [0.1, 0.15) is 26.4 Å². The summed E-state index contributed by atoms with van der Waals surface area (Å²) >= 11 is 3.59. The molecule has 2 atom stereocenters. The lowest BCUT2D eigenvalue weighted by molar-refractivity contribution is -0.154. The van der Waals surface area contributed by atoms with Gasteiger partial charge in [0.05, 0.1) is 24.7 Å². The van der Waals surface area contributed by atoms with Crippen LogP contribution in [0.5, 0.6) is 0 Å². The maximum absolute atomic E-state index is 12.1. The Balaban J connectivity index is 3.79. The molecule has 0 fully saturated rings. The Morgan fingerprint density at radius 3 is 1.19 bits per heavy atom. The van der Waals surface area contributed by atoms with Crippen LogP contribution in [-0.2, 0) is 38.1 Å². The van der Waals surface area contributed by atoms with Gasteiger partial charge in [0.25, 0.3) is 0 Å². The summed E-state index contributed by atoms with van der Waals surface area (Å²) in [5.41, 5.74) is 0. The first-order valence-electron chi connectivity index (χ1n) is 19.9. The lowest BCUT2D eigenvalue weighted by Gasteiger charge is -2.21. The van der Waals surface area contributed by atoms with E-state index in [1.165, 1.54) is 51.4 Å². The van der Waals surface area contributed by atoms with Crippen LogP contribution in [0.3, 0.4) is 0 Å². The van der Waals surface area contributed by atoms with Gasteiger partial charge in [0.15, 0.2) is 0 Å². The highest BCUT2D eigenvalue weighted by atomic mass is 32.2. The number of nitrogens with zero attached hydrogens (tertiary/aromatic N) is 3. The number of hydrogen-bond acceptors (Lipinski definition) is 13. The summed E-state index contributed by atoms with van der Waals surface area (Å²) in [5, 5.41) is 0. The second kappa shape index (κ2) is 35.2. The van der Waals surface area contributed by atoms with Gasteiger partial charge in [-0.3, -0.25) is 19.2 Å². The molecular formula is C39H75N3O8S2. The van der Waals surface area contributed by atoms with Gasteiger partial charge in [-0.25, -0.2) is 0 Å². The second-order valence-electron chi connectivity index (χ2n) is 14.0. The highest BCUT2D eigenvalue weighted by Crippen LogP contribution is 2.14. The molecule has 0 heterocycles. The van der Waals surface area contributed by atoms with E-state index in [0.29, 0.717) is 25.9 Å². The quantitative estimate of drug-likeness (QED) is 0.0397. The molecule has 2 unspecified atom stereocenters. The Hall–Kier alpha value is -1.54. The molecule has 13 heteroatoms. The molecular weight excluding hydrogens is 703 g/mol. The van der Waals surface area contributed by atoms with Crippen molar-refractivity contribution in [2.45, 2.75) is 105 Å². The highest BCUT2D eigenvalue weighted by molar-refractivity contribution is 7.99. The van der Waals surface area contributed by atoms with Crippen molar-refractivity contribution in [2.75, 3.05) is 110 Å². The normalized spacial score (nSPS) is 12.7. The minimum atomic E-state index is -0.281. The molecule has 306 valence electrons. The number of unbranched alkanes of at least 4 members (excludes halogenated alkanes) is 6. The third kappa shape index (κ3) is 31.9. The van der Waals surface area contributed by atoms with Crippen LogP contribution in [-0.4, -0.2) is 148 Å². The fourth-order valence-electron chi connectivity index (χ4n) is 5.06. The fourth-order valence-corrected chi connectivity index (χ4v) is 7.19. The molecule has 0 aliphatic heterocycles. The van der Waals surface area contributed by atoms with E-state index >= 15 is 0 Å². The number of ether oxygens (including phenoxy) is 4. The Kier molecular flexibility index (Phi) is 34.1. The standard InChI is InChI=1S/C39H75N3O8S2/c1-8-10-12-14-30-51-32-34(3)38(45)49-28-26-47-36(43)18-24-41(6)22-16-20-40(5)21-17-23-42(7)25-19-37(44)48-27-29-50-39(46)35(4)33-52-31-15-13-11-9-2/h34-35H,8-33H2,1-7H3. The Morgan fingerprint density at radius 2 is 0.827 bits per heavy atom. The van der Waals surface area contributed by atoms with Crippen LogP contribution in [0, 0.1) is 11.8 Å². The van der Waals surface area contributed by atoms with E-state index in [1.54, 1.807) is 23.5 Å². The predicted octanol–water partition coefficient (Wildman–Crippen LogP) is 6.41. The number of thioether (sulfide) groups is 2. The number of carbonyl (C=O) groups is 4. The maximum Gasteiger partial charge on any atom is 0.309 e. The Morgan fingerprint density at radius 1 is 0.481 bits per heavy atom. The highest BCUT2D eigenvalue weighted by Gasteiger charge is 2.16. The molecule has 0 aromatic heterocycles. The van der Waals surface area contributed by atoms with Gasteiger partial charge in [0, 0.05) is 24.6 Å². The van der Waals surface area contributed by atoms with Crippen molar-refractivity contribution in [2.24, 2.45) is 11.8 Å². The molecule has 0 N–H and O–H groups in total. The molecule has 0 amide bonds. The largest absolute Gasteiger partial charge is 0.462 e. The van der Waals surface area contributed by atoms with E-state index in [-0.39, 0.29) is 62.1 Å². The van der Waals surface area contributed by atoms with Crippen molar-refractivity contribution in [3.05, 3.63) is 0 Å². The van der Waals surface area contributed by atoms with E-state index in [0.717, 1.165) is 62.0 Å². The first-order valence-corrected chi connectivity index (χ1v) is 22.2. The zero-order chi connectivity index (χ0) is 38.8. The van der Waals surface area contributed by atoms with Crippen LogP contribution in [0.1, 0.15) is 105 Å². The fraction of sp³-hybridized carbons (Fsp3) is 0.897. The molecule has 0 aromatic rings. The van der Waals surface area contributed by atoms with Gasteiger partial charge in [-0.2, -0.15) is 23.5 Å². The summed E-state index contributed by atoms with van der Waals surface area (Å²) in [6.45, 7) is 13.4. The van der Waals surface area contributed by atoms with E-state index in [4.69, 9.17) is 18.9 Å². The van der Waals surface area contributed by atoms with Gasteiger partial charge >= 0.3 is 23.9 Å². The Bertz CT molecular complexity index is 847. The lowest BCUT2D eigenvalue weighted by Crippen LogP contribution is -2.30. The molecule has 11 nitrogen and oxygen atoms in total. The molecule has 0 saturated heterocycles. The Labute approximate surface area is 325 Å².